The molecule has 0 radical (unpaired) electrons. The molecule has 1 aromatic rings. The van der Waals surface area contributed by atoms with E-state index in [2.05, 4.69) is 51.4 Å². The summed E-state index contributed by atoms with van der Waals surface area (Å²) in [7, 11) is 3.74. The molecule has 1 aliphatic rings. The average Bonchev–Trinajstić information content (AvgIpc) is 2.48. The van der Waals surface area contributed by atoms with E-state index < -0.39 is 0 Å². The van der Waals surface area contributed by atoms with E-state index in [-0.39, 0.29) is 0 Å². The minimum absolute atomic E-state index is 0.340. The van der Waals surface area contributed by atoms with Gasteiger partial charge in [-0.1, -0.05) is 6.92 Å². The van der Waals surface area contributed by atoms with Crippen molar-refractivity contribution in [2.75, 3.05) is 37.9 Å². The molecule has 2 rings (SSSR count). The number of anilines is 2. The van der Waals surface area contributed by atoms with Gasteiger partial charge in [0.25, 0.3) is 0 Å². The van der Waals surface area contributed by atoms with Gasteiger partial charge in [0.05, 0.1) is 7.11 Å². The molecule has 7 nitrogen and oxygen atoms in total. The van der Waals surface area contributed by atoms with Gasteiger partial charge in [0.2, 0.25) is 11.9 Å². The Morgan fingerprint density at radius 1 is 1.29 bits per heavy atom. The fourth-order valence-corrected chi connectivity index (χ4v) is 2.43. The predicted octanol–water partition coefficient (Wildman–Crippen LogP) is 1.60. The van der Waals surface area contributed by atoms with E-state index in [1.165, 1.54) is 0 Å². The topological polar surface area (TPSA) is 75.2 Å². The fourth-order valence-electron chi connectivity index (χ4n) is 2.43. The highest BCUT2D eigenvalue weighted by atomic mass is 16.5. The first kappa shape index (κ1) is 15.8. The number of nitrogens with one attached hydrogen (secondary N) is 2. The van der Waals surface area contributed by atoms with Crippen LogP contribution in [0.4, 0.5) is 11.9 Å². The molecule has 1 aliphatic heterocycles. The maximum atomic E-state index is 5.15. The largest absolute Gasteiger partial charge is 0.467 e. The van der Waals surface area contributed by atoms with Crippen LogP contribution in [0.25, 0.3) is 0 Å². The third-order valence-electron chi connectivity index (χ3n) is 3.87. The number of piperidine rings is 1. The Hall–Kier alpha value is -1.63. The SMILES string of the molecule is CCCNc1nc(NC2CCN(C)C(C)C2)nc(OC)n1. The minimum atomic E-state index is 0.340. The van der Waals surface area contributed by atoms with Gasteiger partial charge in [-0.2, -0.15) is 15.0 Å². The van der Waals surface area contributed by atoms with Crippen LogP contribution in [0, 0.1) is 0 Å². The van der Waals surface area contributed by atoms with Crippen LogP contribution in [-0.2, 0) is 0 Å². The molecule has 2 unspecified atom stereocenters. The molecule has 118 valence electrons. The smallest absolute Gasteiger partial charge is 0.322 e. The van der Waals surface area contributed by atoms with E-state index in [0.29, 0.717) is 30.0 Å². The lowest BCUT2D eigenvalue weighted by Crippen LogP contribution is -2.42. The lowest BCUT2D eigenvalue weighted by atomic mass is 9.99. The van der Waals surface area contributed by atoms with Gasteiger partial charge in [0.1, 0.15) is 0 Å². The van der Waals surface area contributed by atoms with Gasteiger partial charge in [-0.15, -0.1) is 0 Å². The molecular formula is C14H26N6O. The van der Waals surface area contributed by atoms with Crippen LogP contribution in [0.3, 0.4) is 0 Å². The molecule has 0 bridgehead atoms. The highest BCUT2D eigenvalue weighted by Crippen LogP contribution is 2.19. The molecule has 0 spiro atoms. The zero-order chi connectivity index (χ0) is 15.2. The quantitative estimate of drug-likeness (QED) is 0.825. The molecule has 0 aromatic carbocycles. The Morgan fingerprint density at radius 2 is 2.05 bits per heavy atom. The number of aromatic nitrogens is 3. The summed E-state index contributed by atoms with van der Waals surface area (Å²) in [6.45, 7) is 6.26. The second-order valence-electron chi connectivity index (χ2n) is 5.59. The maximum Gasteiger partial charge on any atom is 0.322 e. The van der Waals surface area contributed by atoms with Gasteiger partial charge in [0.15, 0.2) is 0 Å². The second kappa shape index (κ2) is 7.40. The molecule has 1 fully saturated rings. The monoisotopic (exact) mass is 294 g/mol. The fraction of sp³-hybridized carbons (Fsp3) is 0.786. The summed E-state index contributed by atoms with van der Waals surface area (Å²) >= 11 is 0. The van der Waals surface area contributed by atoms with Gasteiger partial charge < -0.3 is 20.3 Å². The minimum Gasteiger partial charge on any atom is -0.467 e. The molecule has 1 saturated heterocycles. The number of ether oxygens (including phenoxy) is 1. The first-order valence-corrected chi connectivity index (χ1v) is 7.63. The molecule has 2 N–H and O–H groups in total. The number of hydrogen-bond donors (Lipinski definition) is 2. The van der Waals surface area contributed by atoms with Crippen LogP contribution >= 0.6 is 0 Å². The summed E-state index contributed by atoms with van der Waals surface area (Å²) in [4.78, 5) is 15.3. The van der Waals surface area contributed by atoms with Crippen molar-refractivity contribution in [2.45, 2.75) is 45.2 Å². The zero-order valence-electron chi connectivity index (χ0n) is 13.4. The molecule has 1 aromatic heterocycles. The van der Waals surface area contributed by atoms with Crippen molar-refractivity contribution in [2.24, 2.45) is 0 Å². The third-order valence-corrected chi connectivity index (χ3v) is 3.87. The van der Waals surface area contributed by atoms with E-state index in [4.69, 9.17) is 4.74 Å². The Balaban J connectivity index is 2.04. The number of nitrogens with zero attached hydrogens (tertiary/aromatic N) is 4. The van der Waals surface area contributed by atoms with Gasteiger partial charge >= 0.3 is 6.01 Å². The normalized spacial score (nSPS) is 22.9. The van der Waals surface area contributed by atoms with Crippen LogP contribution in [-0.4, -0.2) is 59.2 Å². The van der Waals surface area contributed by atoms with E-state index >= 15 is 0 Å². The van der Waals surface area contributed by atoms with Gasteiger partial charge in [0, 0.05) is 25.2 Å². The predicted molar refractivity (Wildman–Crippen MR) is 83.9 cm³/mol. The standard InChI is InChI=1S/C14H26N6O/c1-5-7-15-12-17-13(19-14(18-12)21-4)16-11-6-8-20(3)10(2)9-11/h10-11H,5-9H2,1-4H3,(H2,15,16,17,18,19). The summed E-state index contributed by atoms with van der Waals surface area (Å²) in [5.74, 6) is 1.15. The molecular weight excluding hydrogens is 268 g/mol. The second-order valence-corrected chi connectivity index (χ2v) is 5.59. The van der Waals surface area contributed by atoms with E-state index in [0.717, 1.165) is 32.4 Å². The number of rotatable bonds is 6. The molecule has 7 heteroatoms. The van der Waals surface area contributed by atoms with Crippen molar-refractivity contribution in [1.82, 2.24) is 19.9 Å². The van der Waals surface area contributed by atoms with Crippen LogP contribution in [0.5, 0.6) is 6.01 Å². The maximum absolute atomic E-state index is 5.15. The van der Waals surface area contributed by atoms with Crippen molar-refractivity contribution in [3.8, 4) is 6.01 Å². The summed E-state index contributed by atoms with van der Waals surface area (Å²) in [6.07, 6.45) is 3.19. The average molecular weight is 294 g/mol. The number of likely N-dealkylation sites (tertiary alicyclic amines) is 1. The lowest BCUT2D eigenvalue weighted by Gasteiger charge is -2.35. The zero-order valence-corrected chi connectivity index (χ0v) is 13.4. The first-order valence-electron chi connectivity index (χ1n) is 7.63. The van der Waals surface area contributed by atoms with Crippen molar-refractivity contribution in [1.29, 1.82) is 0 Å². The lowest BCUT2D eigenvalue weighted by molar-refractivity contribution is 0.189. The molecule has 21 heavy (non-hydrogen) atoms. The van der Waals surface area contributed by atoms with Gasteiger partial charge in [-0.25, -0.2) is 0 Å². The van der Waals surface area contributed by atoms with Crippen LogP contribution < -0.4 is 15.4 Å². The Morgan fingerprint density at radius 3 is 2.71 bits per heavy atom. The first-order chi connectivity index (χ1) is 10.1. The highest BCUT2D eigenvalue weighted by molar-refractivity contribution is 5.36. The van der Waals surface area contributed by atoms with Crippen molar-refractivity contribution < 1.29 is 4.74 Å². The Kier molecular flexibility index (Phi) is 5.55. The van der Waals surface area contributed by atoms with E-state index in [1.807, 2.05) is 0 Å². The Labute approximate surface area is 126 Å². The number of methoxy groups -OCH3 is 1. The van der Waals surface area contributed by atoms with Crippen molar-refractivity contribution >= 4 is 11.9 Å². The summed E-state index contributed by atoms with van der Waals surface area (Å²) in [5.41, 5.74) is 0. The van der Waals surface area contributed by atoms with Crippen molar-refractivity contribution in [3.05, 3.63) is 0 Å². The molecule has 0 amide bonds. The van der Waals surface area contributed by atoms with Crippen LogP contribution in [0.1, 0.15) is 33.1 Å². The molecule has 2 heterocycles. The molecule has 0 aliphatic carbocycles. The van der Waals surface area contributed by atoms with Crippen LogP contribution in [0.15, 0.2) is 0 Å². The van der Waals surface area contributed by atoms with E-state index in [1.54, 1.807) is 7.11 Å². The molecule has 2 atom stereocenters. The third kappa shape index (κ3) is 4.42. The van der Waals surface area contributed by atoms with Crippen LogP contribution in [0.2, 0.25) is 0 Å². The summed E-state index contributed by atoms with van der Waals surface area (Å²) in [5, 5.41) is 6.59. The van der Waals surface area contributed by atoms with Gasteiger partial charge in [-0.05, 0) is 33.2 Å². The van der Waals surface area contributed by atoms with Crippen molar-refractivity contribution in [3.63, 3.8) is 0 Å². The summed E-state index contributed by atoms with van der Waals surface area (Å²) < 4.78 is 5.15. The van der Waals surface area contributed by atoms with Gasteiger partial charge in [-0.3, -0.25) is 0 Å². The molecule has 0 saturated carbocycles. The Bertz CT molecular complexity index is 455. The summed E-state index contributed by atoms with van der Waals surface area (Å²) in [6, 6.07) is 1.30. The highest BCUT2D eigenvalue weighted by Gasteiger charge is 2.23. The van der Waals surface area contributed by atoms with E-state index in [9.17, 15) is 0 Å². The number of hydrogen-bond acceptors (Lipinski definition) is 7.